The van der Waals surface area contributed by atoms with Crippen LogP contribution in [0.4, 0.5) is 5.88 Å². The van der Waals surface area contributed by atoms with Gasteiger partial charge in [-0.2, -0.15) is 4.98 Å². The number of anilines is 1. The number of rotatable bonds is 8. The van der Waals surface area contributed by atoms with E-state index in [2.05, 4.69) is 22.0 Å². The third-order valence-electron chi connectivity index (χ3n) is 7.20. The number of methoxy groups -OCH3 is 2. The highest BCUT2D eigenvalue weighted by Crippen LogP contribution is 2.40. The SMILES string of the molecule is COc1ccc(-c2nc(S(=O)(=O)c3ccc4c(c3)OCCO4)c(N3CCN(Cc4ccccc4)CC3)o2)cc1OC. The molecule has 1 saturated heterocycles. The number of aromatic nitrogens is 1. The van der Waals surface area contributed by atoms with Gasteiger partial charge in [-0.25, -0.2) is 8.42 Å². The van der Waals surface area contributed by atoms with Crippen LogP contribution in [0.2, 0.25) is 0 Å². The fourth-order valence-corrected chi connectivity index (χ4v) is 6.36. The first-order valence-electron chi connectivity index (χ1n) is 13.4. The van der Waals surface area contributed by atoms with Gasteiger partial charge < -0.3 is 28.3 Å². The maximum absolute atomic E-state index is 14.1. The minimum atomic E-state index is -4.08. The highest BCUT2D eigenvalue weighted by atomic mass is 32.2. The first-order valence-corrected chi connectivity index (χ1v) is 14.8. The van der Waals surface area contributed by atoms with Gasteiger partial charge in [0.15, 0.2) is 23.0 Å². The summed E-state index contributed by atoms with van der Waals surface area (Å²) in [6.07, 6.45) is 0. The molecule has 2 aliphatic heterocycles. The molecule has 0 spiro atoms. The molecule has 0 aliphatic carbocycles. The van der Waals surface area contributed by atoms with Crippen molar-refractivity contribution in [2.24, 2.45) is 0 Å². The summed E-state index contributed by atoms with van der Waals surface area (Å²) in [5, 5.41) is -0.143. The number of oxazole rings is 1. The zero-order valence-corrected chi connectivity index (χ0v) is 23.7. The van der Waals surface area contributed by atoms with E-state index in [-0.39, 0.29) is 21.7 Å². The van der Waals surface area contributed by atoms with E-state index in [1.807, 2.05) is 23.1 Å². The summed E-state index contributed by atoms with van der Waals surface area (Å²) in [6, 6.07) is 20.1. The van der Waals surface area contributed by atoms with Gasteiger partial charge in [-0.05, 0) is 35.9 Å². The maximum atomic E-state index is 14.1. The van der Waals surface area contributed by atoms with Crippen LogP contribution in [0.5, 0.6) is 23.0 Å². The molecule has 11 heteroatoms. The molecule has 6 rings (SSSR count). The number of sulfone groups is 1. The van der Waals surface area contributed by atoms with E-state index < -0.39 is 9.84 Å². The smallest absolute Gasteiger partial charge is 0.236 e. The van der Waals surface area contributed by atoms with E-state index in [0.29, 0.717) is 54.9 Å². The van der Waals surface area contributed by atoms with Crippen molar-refractivity contribution in [1.29, 1.82) is 0 Å². The van der Waals surface area contributed by atoms with Crippen LogP contribution in [0.3, 0.4) is 0 Å². The lowest BCUT2D eigenvalue weighted by Crippen LogP contribution is -2.46. The van der Waals surface area contributed by atoms with Gasteiger partial charge in [-0.15, -0.1) is 0 Å². The van der Waals surface area contributed by atoms with Crippen molar-refractivity contribution < 1.29 is 31.8 Å². The Hall–Kier alpha value is -4.22. The second kappa shape index (κ2) is 11.3. The molecule has 1 aromatic heterocycles. The summed E-state index contributed by atoms with van der Waals surface area (Å²) in [4.78, 5) is 8.90. The van der Waals surface area contributed by atoms with Crippen LogP contribution in [-0.2, 0) is 16.4 Å². The molecule has 3 heterocycles. The average molecular weight is 578 g/mol. The molecule has 41 heavy (non-hydrogen) atoms. The number of benzene rings is 3. The molecule has 214 valence electrons. The monoisotopic (exact) mass is 577 g/mol. The van der Waals surface area contributed by atoms with Crippen molar-refractivity contribution in [3.63, 3.8) is 0 Å². The topological polar surface area (TPSA) is 104 Å². The van der Waals surface area contributed by atoms with E-state index in [9.17, 15) is 8.42 Å². The summed E-state index contributed by atoms with van der Waals surface area (Å²) in [5.74, 6) is 2.30. The number of ether oxygens (including phenoxy) is 4. The molecular formula is C30H31N3O7S. The Bertz CT molecular complexity index is 1630. The molecule has 0 radical (unpaired) electrons. The molecule has 3 aromatic carbocycles. The predicted octanol–water partition coefficient (Wildman–Crippen LogP) is 4.29. The summed E-state index contributed by atoms with van der Waals surface area (Å²) >= 11 is 0. The second-order valence-electron chi connectivity index (χ2n) is 9.76. The predicted molar refractivity (Wildman–Crippen MR) is 152 cm³/mol. The maximum Gasteiger partial charge on any atom is 0.236 e. The van der Waals surface area contributed by atoms with E-state index in [0.717, 1.165) is 19.6 Å². The summed E-state index contributed by atoms with van der Waals surface area (Å²) in [5.41, 5.74) is 1.80. The Morgan fingerprint density at radius 1 is 0.829 bits per heavy atom. The van der Waals surface area contributed by atoms with Crippen LogP contribution in [0, 0.1) is 0 Å². The highest BCUT2D eigenvalue weighted by molar-refractivity contribution is 7.91. The van der Waals surface area contributed by atoms with Gasteiger partial charge in [0, 0.05) is 44.4 Å². The van der Waals surface area contributed by atoms with Crippen molar-refractivity contribution >= 4 is 15.7 Å². The van der Waals surface area contributed by atoms with E-state index in [4.69, 9.17) is 23.4 Å². The lowest BCUT2D eigenvalue weighted by Gasteiger charge is -2.34. The van der Waals surface area contributed by atoms with E-state index in [1.54, 1.807) is 31.4 Å². The van der Waals surface area contributed by atoms with Crippen LogP contribution in [-0.4, -0.2) is 71.9 Å². The van der Waals surface area contributed by atoms with E-state index >= 15 is 0 Å². The van der Waals surface area contributed by atoms with Gasteiger partial charge >= 0.3 is 0 Å². The second-order valence-corrected chi connectivity index (χ2v) is 11.6. The number of hydrogen-bond acceptors (Lipinski definition) is 10. The van der Waals surface area contributed by atoms with E-state index in [1.165, 1.54) is 24.8 Å². The lowest BCUT2D eigenvalue weighted by atomic mass is 10.2. The fourth-order valence-electron chi connectivity index (χ4n) is 5.02. The standard InChI is InChI=1S/C30H31N3O7S/c1-36-24-10-8-22(18-26(24)37-2)28-31-29(41(34,35)23-9-11-25-27(19-23)39-17-16-38-25)30(40-28)33-14-12-32(13-15-33)20-21-6-4-3-5-7-21/h3-11,18-19H,12-17,20H2,1-2H3. The molecule has 0 saturated carbocycles. The lowest BCUT2D eigenvalue weighted by molar-refractivity contribution is 0.171. The van der Waals surface area contributed by atoms with Crippen molar-refractivity contribution in [1.82, 2.24) is 9.88 Å². The largest absolute Gasteiger partial charge is 0.493 e. The molecule has 0 N–H and O–H groups in total. The molecule has 0 bridgehead atoms. The minimum absolute atomic E-state index is 0.0536. The molecule has 1 fully saturated rings. The minimum Gasteiger partial charge on any atom is -0.493 e. The van der Waals surface area contributed by atoms with Gasteiger partial charge in [0.1, 0.15) is 13.2 Å². The van der Waals surface area contributed by atoms with Crippen LogP contribution in [0.25, 0.3) is 11.5 Å². The van der Waals surface area contributed by atoms with Gasteiger partial charge in [0.25, 0.3) is 0 Å². The average Bonchev–Trinajstić information content (AvgIpc) is 3.48. The van der Waals surface area contributed by atoms with Gasteiger partial charge in [-0.3, -0.25) is 4.90 Å². The van der Waals surface area contributed by atoms with Crippen LogP contribution >= 0.6 is 0 Å². The molecular weight excluding hydrogens is 546 g/mol. The Morgan fingerprint density at radius 3 is 2.29 bits per heavy atom. The first kappa shape index (κ1) is 27.0. The van der Waals surface area contributed by atoms with Crippen molar-refractivity contribution in [2.45, 2.75) is 16.5 Å². The highest BCUT2D eigenvalue weighted by Gasteiger charge is 2.34. The Morgan fingerprint density at radius 2 is 1.56 bits per heavy atom. The van der Waals surface area contributed by atoms with Crippen molar-refractivity contribution in [2.75, 3.05) is 58.5 Å². The fraction of sp³-hybridized carbons (Fsp3) is 0.300. The summed E-state index contributed by atoms with van der Waals surface area (Å²) in [6.45, 7) is 4.23. The summed E-state index contributed by atoms with van der Waals surface area (Å²) < 4.78 is 56.4. The normalized spacial score (nSPS) is 15.5. The number of fused-ring (bicyclic) bond motifs is 1. The quantitative estimate of drug-likeness (QED) is 0.301. The van der Waals surface area contributed by atoms with Gasteiger partial charge in [0.2, 0.25) is 26.6 Å². The molecule has 10 nitrogen and oxygen atoms in total. The first-order chi connectivity index (χ1) is 20.0. The molecule has 4 aromatic rings. The molecule has 0 atom stereocenters. The van der Waals surface area contributed by atoms with Crippen LogP contribution in [0.1, 0.15) is 5.56 Å². The summed E-state index contributed by atoms with van der Waals surface area (Å²) in [7, 11) is -0.993. The Kier molecular flexibility index (Phi) is 7.46. The zero-order chi connectivity index (χ0) is 28.4. The van der Waals surface area contributed by atoms with Crippen LogP contribution in [0.15, 0.2) is 81.1 Å². The number of nitrogens with zero attached hydrogens (tertiary/aromatic N) is 3. The van der Waals surface area contributed by atoms with Crippen molar-refractivity contribution in [3.8, 4) is 34.5 Å². The Labute approximate surface area is 238 Å². The third kappa shape index (κ3) is 5.42. The van der Waals surface area contributed by atoms with Gasteiger partial charge in [0.05, 0.1) is 19.1 Å². The van der Waals surface area contributed by atoms with Crippen LogP contribution < -0.4 is 23.8 Å². The van der Waals surface area contributed by atoms with Gasteiger partial charge in [-0.1, -0.05) is 30.3 Å². The number of hydrogen-bond donors (Lipinski definition) is 0. The van der Waals surface area contributed by atoms with Crippen molar-refractivity contribution in [3.05, 3.63) is 72.3 Å². The molecule has 0 unspecified atom stereocenters. The zero-order valence-electron chi connectivity index (χ0n) is 22.9. The number of piperazine rings is 1. The molecule has 2 aliphatic rings. The Balaban J connectivity index is 1.35. The molecule has 0 amide bonds. The third-order valence-corrected chi connectivity index (χ3v) is 8.85.